The van der Waals surface area contributed by atoms with E-state index in [0.717, 1.165) is 9.86 Å². The molecule has 146 valence electrons. The average molecular weight is 476 g/mol. The van der Waals surface area contributed by atoms with Crippen LogP contribution in [0.5, 0.6) is 0 Å². The lowest BCUT2D eigenvalue weighted by Gasteiger charge is -2.27. The quantitative estimate of drug-likeness (QED) is 0.492. The zero-order valence-electron chi connectivity index (χ0n) is 15.2. The molecular weight excluding hydrogens is 456 g/mol. The van der Waals surface area contributed by atoms with Crippen molar-refractivity contribution in [2.45, 2.75) is 50.2 Å². The number of hydrogen-bond donors (Lipinski definition) is 0. The second-order valence-electron chi connectivity index (χ2n) is 7.41. The van der Waals surface area contributed by atoms with Crippen LogP contribution in [0.2, 0.25) is 5.15 Å². The van der Waals surface area contributed by atoms with Crippen molar-refractivity contribution in [3.63, 3.8) is 0 Å². The normalized spacial score (nSPS) is 18.8. The van der Waals surface area contributed by atoms with Gasteiger partial charge in [0.2, 0.25) is 10.0 Å². The standard InChI is InChI=1S/C18H20BrClN2O4S/c1-18(2,3)26-17(23)15-5-4-8-22(15)27(24,25)11-6-7-12-13(9-11)16(20)21-10-14(12)19/h6-7,9-10,15H,4-5,8H2,1-3H3/t15-/m1/s1. The molecule has 1 atom stereocenters. The molecule has 1 aliphatic heterocycles. The Morgan fingerprint density at radius 1 is 1.33 bits per heavy atom. The molecule has 0 N–H and O–H groups in total. The second kappa shape index (κ2) is 7.31. The molecular formula is C18H20BrClN2O4S. The number of carbonyl (C=O) groups excluding carboxylic acids is 1. The summed E-state index contributed by atoms with van der Waals surface area (Å²) in [5.74, 6) is -0.521. The molecule has 1 aromatic heterocycles. The first kappa shape index (κ1) is 20.5. The molecule has 1 aromatic carbocycles. The Morgan fingerprint density at radius 2 is 2.04 bits per heavy atom. The third-order valence-electron chi connectivity index (χ3n) is 4.25. The summed E-state index contributed by atoms with van der Waals surface area (Å²) in [6.45, 7) is 5.55. The van der Waals surface area contributed by atoms with Gasteiger partial charge in [-0.2, -0.15) is 4.31 Å². The fourth-order valence-corrected chi connectivity index (χ4v) is 5.41. The van der Waals surface area contributed by atoms with E-state index >= 15 is 0 Å². The maximum Gasteiger partial charge on any atom is 0.324 e. The van der Waals surface area contributed by atoms with Gasteiger partial charge in [-0.1, -0.05) is 17.7 Å². The van der Waals surface area contributed by atoms with Crippen molar-refractivity contribution in [2.24, 2.45) is 0 Å². The summed E-state index contributed by atoms with van der Waals surface area (Å²) in [4.78, 5) is 16.6. The highest BCUT2D eigenvalue weighted by Crippen LogP contribution is 2.33. The molecule has 6 nitrogen and oxygen atoms in total. The number of carbonyl (C=O) groups is 1. The largest absolute Gasteiger partial charge is 0.459 e. The van der Waals surface area contributed by atoms with E-state index in [1.807, 2.05) is 0 Å². The van der Waals surface area contributed by atoms with E-state index in [2.05, 4.69) is 20.9 Å². The topological polar surface area (TPSA) is 76.6 Å². The number of benzene rings is 1. The van der Waals surface area contributed by atoms with Gasteiger partial charge in [-0.15, -0.1) is 0 Å². The predicted octanol–water partition coefficient (Wildman–Crippen LogP) is 4.15. The van der Waals surface area contributed by atoms with Crippen LogP contribution in [0.25, 0.3) is 10.8 Å². The Bertz CT molecular complexity index is 1000. The van der Waals surface area contributed by atoms with Crippen LogP contribution in [0.4, 0.5) is 0 Å². The first-order valence-corrected chi connectivity index (χ1v) is 11.1. The molecule has 1 aliphatic rings. The van der Waals surface area contributed by atoms with Gasteiger partial charge in [-0.05, 0) is 61.7 Å². The molecule has 0 amide bonds. The van der Waals surface area contributed by atoms with Crippen molar-refractivity contribution in [1.82, 2.24) is 9.29 Å². The second-order valence-corrected chi connectivity index (χ2v) is 10.5. The summed E-state index contributed by atoms with van der Waals surface area (Å²) in [5, 5.41) is 1.51. The molecule has 2 aromatic rings. The number of rotatable bonds is 3. The molecule has 1 saturated heterocycles. The van der Waals surface area contributed by atoms with Gasteiger partial charge in [-0.25, -0.2) is 13.4 Å². The molecule has 0 bridgehead atoms. The van der Waals surface area contributed by atoms with Crippen molar-refractivity contribution >= 4 is 54.3 Å². The Hall–Kier alpha value is -1.22. The van der Waals surface area contributed by atoms with Crippen LogP contribution in [-0.2, 0) is 19.6 Å². The minimum atomic E-state index is -3.88. The minimum absolute atomic E-state index is 0.0762. The van der Waals surface area contributed by atoms with Crippen LogP contribution in [0.15, 0.2) is 33.8 Å². The highest BCUT2D eigenvalue weighted by molar-refractivity contribution is 9.10. The minimum Gasteiger partial charge on any atom is -0.459 e. The zero-order chi connectivity index (χ0) is 20.0. The number of pyridine rings is 1. The van der Waals surface area contributed by atoms with Gasteiger partial charge in [0.15, 0.2) is 0 Å². The molecule has 0 saturated carbocycles. The van der Waals surface area contributed by atoms with Gasteiger partial charge in [0.25, 0.3) is 0 Å². The molecule has 9 heteroatoms. The molecule has 27 heavy (non-hydrogen) atoms. The summed E-state index contributed by atoms with van der Waals surface area (Å²) >= 11 is 9.53. The number of hydrogen-bond acceptors (Lipinski definition) is 5. The Labute approximate surface area is 172 Å². The summed E-state index contributed by atoms with van der Waals surface area (Å²) in [6.07, 6.45) is 2.61. The number of sulfonamides is 1. The lowest BCUT2D eigenvalue weighted by atomic mass is 10.2. The van der Waals surface area contributed by atoms with Crippen molar-refractivity contribution in [3.05, 3.63) is 34.0 Å². The van der Waals surface area contributed by atoms with Gasteiger partial charge >= 0.3 is 5.97 Å². The highest BCUT2D eigenvalue weighted by Gasteiger charge is 2.41. The monoisotopic (exact) mass is 474 g/mol. The van der Waals surface area contributed by atoms with E-state index in [9.17, 15) is 13.2 Å². The van der Waals surface area contributed by atoms with Crippen LogP contribution in [0.1, 0.15) is 33.6 Å². The fourth-order valence-electron chi connectivity index (χ4n) is 3.08. The van der Waals surface area contributed by atoms with Crippen LogP contribution >= 0.6 is 27.5 Å². The fraction of sp³-hybridized carbons (Fsp3) is 0.444. The lowest BCUT2D eigenvalue weighted by Crippen LogP contribution is -2.43. The zero-order valence-corrected chi connectivity index (χ0v) is 18.4. The van der Waals surface area contributed by atoms with Crippen LogP contribution in [0.3, 0.4) is 0 Å². The molecule has 0 aliphatic carbocycles. The highest BCUT2D eigenvalue weighted by atomic mass is 79.9. The van der Waals surface area contributed by atoms with E-state index < -0.39 is 27.6 Å². The summed E-state index contributed by atoms with van der Waals surface area (Å²) in [7, 11) is -3.88. The number of halogens is 2. The SMILES string of the molecule is CC(C)(C)OC(=O)[C@H]1CCCN1S(=O)(=O)c1ccc2c(Br)cnc(Cl)c2c1. The first-order chi connectivity index (χ1) is 12.5. The molecule has 0 unspecified atom stereocenters. The first-order valence-electron chi connectivity index (χ1n) is 8.49. The molecule has 1 fully saturated rings. The van der Waals surface area contributed by atoms with Crippen molar-refractivity contribution < 1.29 is 17.9 Å². The van der Waals surface area contributed by atoms with E-state index in [1.54, 1.807) is 33.0 Å². The Morgan fingerprint density at radius 3 is 2.70 bits per heavy atom. The van der Waals surface area contributed by atoms with Crippen LogP contribution in [0, 0.1) is 0 Å². The third kappa shape index (κ3) is 4.13. The number of nitrogens with zero attached hydrogens (tertiary/aromatic N) is 2. The van der Waals surface area contributed by atoms with Gasteiger partial charge in [-0.3, -0.25) is 4.79 Å². The van der Waals surface area contributed by atoms with Crippen LogP contribution in [-0.4, -0.2) is 41.9 Å². The third-order valence-corrected chi connectivity index (χ3v) is 7.09. The number of ether oxygens (including phenoxy) is 1. The Balaban J connectivity index is 1.99. The summed E-state index contributed by atoms with van der Waals surface area (Å²) < 4.78 is 33.7. The number of aromatic nitrogens is 1. The van der Waals surface area contributed by atoms with Crippen LogP contribution < -0.4 is 0 Å². The van der Waals surface area contributed by atoms with Gasteiger partial charge in [0.1, 0.15) is 16.8 Å². The van der Waals surface area contributed by atoms with E-state index in [4.69, 9.17) is 16.3 Å². The smallest absolute Gasteiger partial charge is 0.324 e. The number of fused-ring (bicyclic) bond motifs is 1. The predicted molar refractivity (Wildman–Crippen MR) is 107 cm³/mol. The van der Waals surface area contributed by atoms with E-state index in [-0.39, 0.29) is 16.6 Å². The maximum atomic E-state index is 13.2. The lowest BCUT2D eigenvalue weighted by molar-refractivity contribution is -0.158. The van der Waals surface area contributed by atoms with Gasteiger partial charge < -0.3 is 4.74 Å². The van der Waals surface area contributed by atoms with Crippen molar-refractivity contribution in [1.29, 1.82) is 0 Å². The van der Waals surface area contributed by atoms with Crippen molar-refractivity contribution in [3.8, 4) is 0 Å². The summed E-state index contributed by atoms with van der Waals surface area (Å²) in [5.41, 5.74) is -0.677. The Kier molecular flexibility index (Phi) is 5.55. The maximum absolute atomic E-state index is 13.2. The number of esters is 1. The molecule has 3 rings (SSSR count). The van der Waals surface area contributed by atoms with Gasteiger partial charge in [0.05, 0.1) is 4.90 Å². The van der Waals surface area contributed by atoms with E-state index in [0.29, 0.717) is 18.2 Å². The molecule has 0 radical (unpaired) electrons. The molecule has 2 heterocycles. The molecule has 0 spiro atoms. The van der Waals surface area contributed by atoms with Crippen molar-refractivity contribution in [2.75, 3.05) is 6.54 Å². The van der Waals surface area contributed by atoms with Gasteiger partial charge in [0, 0.05) is 28.0 Å². The average Bonchev–Trinajstić information content (AvgIpc) is 3.07. The summed E-state index contributed by atoms with van der Waals surface area (Å²) in [6, 6.07) is 3.87. The van der Waals surface area contributed by atoms with E-state index in [1.165, 1.54) is 16.4 Å².